The lowest BCUT2D eigenvalue weighted by Gasteiger charge is -2.40. The number of carbonyl (C=O) groups is 1. The molecule has 0 aromatic rings. The number of aliphatic hydroxyl groups is 7. The van der Waals surface area contributed by atoms with Crippen molar-refractivity contribution in [1.82, 2.24) is 5.32 Å². The fraction of sp³-hybridized carbons (Fsp3) is 0.919. The first-order valence-corrected chi connectivity index (χ1v) is 31.2. The van der Waals surface area contributed by atoms with Gasteiger partial charge in [-0.2, -0.15) is 0 Å². The SMILES string of the molecule is CCCCCCCC/C=C/CC/C=C/CCCC(O)C(O)C(COC1OC(CO)C(O)C(O)C1O)NC(=O)C(O)CCCCCCCCCCCCCCCCCCCCCCCCCCCCCCCCC. The summed E-state index contributed by atoms with van der Waals surface area (Å²) in [6, 6.07) is -1.19. The summed E-state index contributed by atoms with van der Waals surface area (Å²) in [5, 5.41) is 76.1. The van der Waals surface area contributed by atoms with E-state index in [0.29, 0.717) is 19.3 Å². The average Bonchev–Trinajstić information content (AvgIpc) is 3.39. The second kappa shape index (κ2) is 51.4. The lowest BCUT2D eigenvalue weighted by Crippen LogP contribution is -2.60. The smallest absolute Gasteiger partial charge is 0.249 e. The summed E-state index contributed by atoms with van der Waals surface area (Å²) < 4.78 is 11.1. The molecule has 1 saturated heterocycles. The van der Waals surface area contributed by atoms with Crippen LogP contribution >= 0.6 is 0 Å². The normalized spacial score (nSPS) is 20.0. The van der Waals surface area contributed by atoms with Crippen LogP contribution in [0.15, 0.2) is 24.3 Å². The van der Waals surface area contributed by atoms with E-state index in [0.717, 1.165) is 38.5 Å². The van der Waals surface area contributed by atoms with Crippen LogP contribution in [0.1, 0.15) is 296 Å². The van der Waals surface area contributed by atoms with Crippen LogP contribution in [-0.4, -0.2) is 110 Å². The lowest BCUT2D eigenvalue weighted by atomic mass is 9.98. The van der Waals surface area contributed by atoms with Gasteiger partial charge in [0.2, 0.25) is 5.91 Å². The van der Waals surface area contributed by atoms with E-state index in [-0.39, 0.29) is 12.8 Å². The average molecular weight is 1040 g/mol. The number of unbranched alkanes of at least 4 members (excludes halogenated alkanes) is 38. The zero-order valence-electron chi connectivity index (χ0n) is 47.4. The molecule has 1 amide bonds. The molecule has 1 aliphatic rings. The summed E-state index contributed by atoms with van der Waals surface area (Å²) in [4.78, 5) is 13.2. The van der Waals surface area contributed by atoms with Crippen LogP contribution < -0.4 is 5.32 Å². The number of ether oxygens (including phenoxy) is 2. The van der Waals surface area contributed by atoms with E-state index in [1.165, 1.54) is 212 Å². The van der Waals surface area contributed by atoms with Crippen LogP contribution in [0.5, 0.6) is 0 Å². The molecule has 0 saturated carbocycles. The molecule has 1 heterocycles. The Morgan fingerprint density at radius 1 is 0.466 bits per heavy atom. The number of hydrogen-bond acceptors (Lipinski definition) is 10. The maximum atomic E-state index is 13.2. The highest BCUT2D eigenvalue weighted by molar-refractivity contribution is 5.80. The van der Waals surface area contributed by atoms with Crippen molar-refractivity contribution in [2.75, 3.05) is 13.2 Å². The van der Waals surface area contributed by atoms with E-state index in [9.17, 15) is 40.5 Å². The van der Waals surface area contributed by atoms with Crippen LogP contribution in [0, 0.1) is 0 Å². The molecule has 0 aromatic carbocycles. The van der Waals surface area contributed by atoms with Gasteiger partial charge in [-0.3, -0.25) is 4.79 Å². The van der Waals surface area contributed by atoms with Gasteiger partial charge in [0.15, 0.2) is 6.29 Å². The highest BCUT2D eigenvalue weighted by Crippen LogP contribution is 2.24. The maximum absolute atomic E-state index is 13.2. The molecule has 0 bridgehead atoms. The molecule has 1 fully saturated rings. The lowest BCUT2D eigenvalue weighted by molar-refractivity contribution is -0.303. The number of amides is 1. The van der Waals surface area contributed by atoms with Crippen LogP contribution in [0.4, 0.5) is 0 Å². The first-order valence-electron chi connectivity index (χ1n) is 31.2. The van der Waals surface area contributed by atoms with Gasteiger partial charge in [-0.25, -0.2) is 0 Å². The summed E-state index contributed by atoms with van der Waals surface area (Å²) in [6.45, 7) is 3.45. The van der Waals surface area contributed by atoms with Crippen molar-refractivity contribution in [1.29, 1.82) is 0 Å². The van der Waals surface area contributed by atoms with Gasteiger partial charge in [-0.15, -0.1) is 0 Å². The summed E-state index contributed by atoms with van der Waals surface area (Å²) in [5.41, 5.74) is 0. The van der Waals surface area contributed by atoms with Crippen molar-refractivity contribution in [3.63, 3.8) is 0 Å². The van der Waals surface area contributed by atoms with Crippen molar-refractivity contribution in [2.45, 2.75) is 351 Å². The predicted molar refractivity (Wildman–Crippen MR) is 302 cm³/mol. The van der Waals surface area contributed by atoms with Gasteiger partial charge in [-0.05, 0) is 51.4 Å². The minimum absolute atomic E-state index is 0.248. The number of rotatable bonds is 54. The molecule has 432 valence electrons. The molecular weight excluding hydrogens is 919 g/mol. The van der Waals surface area contributed by atoms with Gasteiger partial charge in [0, 0.05) is 0 Å². The van der Waals surface area contributed by atoms with Crippen LogP contribution in [0.2, 0.25) is 0 Å². The second-order valence-corrected chi connectivity index (χ2v) is 22.1. The summed E-state index contributed by atoms with van der Waals surface area (Å²) in [5.74, 6) is -0.705. The second-order valence-electron chi connectivity index (χ2n) is 22.1. The molecule has 1 rings (SSSR count). The van der Waals surface area contributed by atoms with Crippen LogP contribution in [-0.2, 0) is 14.3 Å². The van der Waals surface area contributed by atoms with Crippen molar-refractivity contribution in [2.24, 2.45) is 0 Å². The van der Waals surface area contributed by atoms with Gasteiger partial charge in [-0.1, -0.05) is 269 Å². The number of carbonyl (C=O) groups excluding carboxylic acids is 1. The number of hydrogen-bond donors (Lipinski definition) is 8. The third-order valence-electron chi connectivity index (χ3n) is 15.2. The van der Waals surface area contributed by atoms with Crippen LogP contribution in [0.25, 0.3) is 0 Å². The minimum Gasteiger partial charge on any atom is -0.394 e. The molecule has 11 nitrogen and oxygen atoms in total. The van der Waals surface area contributed by atoms with E-state index < -0.39 is 74.2 Å². The number of allylic oxidation sites excluding steroid dienone is 4. The van der Waals surface area contributed by atoms with Gasteiger partial charge >= 0.3 is 0 Å². The zero-order valence-corrected chi connectivity index (χ0v) is 47.4. The Kier molecular flexibility index (Phi) is 49.0. The monoisotopic (exact) mass is 1040 g/mol. The molecule has 11 heteroatoms. The van der Waals surface area contributed by atoms with Gasteiger partial charge in [0.25, 0.3) is 0 Å². The predicted octanol–water partition coefficient (Wildman–Crippen LogP) is 13.7. The topological polar surface area (TPSA) is 189 Å². The molecule has 73 heavy (non-hydrogen) atoms. The Morgan fingerprint density at radius 2 is 0.822 bits per heavy atom. The van der Waals surface area contributed by atoms with E-state index >= 15 is 0 Å². The van der Waals surface area contributed by atoms with Crippen LogP contribution in [0.3, 0.4) is 0 Å². The standard InChI is InChI=1S/C62H119NO10/c1-3-5-7-9-11-13-15-17-19-20-21-22-23-24-25-26-27-28-29-30-31-32-33-34-36-38-40-42-44-46-48-50-55(66)61(71)63-53(52-72-62-60(70)59(69)58(68)56(51-64)73-62)57(67)54(65)49-47-45-43-41-39-37-35-18-16-14-12-10-8-6-4-2/h18,35,41,43,53-60,62,64-70H,3-17,19-34,36-40,42,44-52H2,1-2H3,(H,63,71)/b35-18+,43-41+. The third kappa shape index (κ3) is 39.6. The van der Waals surface area contributed by atoms with Crippen molar-refractivity contribution in [3.05, 3.63) is 24.3 Å². The molecular formula is C62H119NO10. The Balaban J connectivity index is 2.20. The van der Waals surface area contributed by atoms with Crippen molar-refractivity contribution in [3.8, 4) is 0 Å². The van der Waals surface area contributed by atoms with E-state index in [2.05, 4.69) is 43.5 Å². The fourth-order valence-corrected chi connectivity index (χ4v) is 10.2. The fourth-order valence-electron chi connectivity index (χ4n) is 10.2. The summed E-state index contributed by atoms with van der Waals surface area (Å²) >= 11 is 0. The highest BCUT2D eigenvalue weighted by atomic mass is 16.7. The molecule has 0 spiro atoms. The summed E-state index contributed by atoms with van der Waals surface area (Å²) in [6.07, 6.45) is 51.2. The molecule has 9 atom stereocenters. The molecule has 9 unspecified atom stereocenters. The Labute approximate surface area is 448 Å². The molecule has 0 radical (unpaired) electrons. The van der Waals surface area contributed by atoms with E-state index in [1.807, 2.05) is 0 Å². The Bertz CT molecular complexity index is 1240. The van der Waals surface area contributed by atoms with E-state index in [4.69, 9.17) is 9.47 Å². The number of nitrogens with one attached hydrogen (secondary N) is 1. The Hall–Kier alpha value is -1.41. The first kappa shape index (κ1) is 69.6. The third-order valence-corrected chi connectivity index (χ3v) is 15.2. The molecule has 0 aliphatic carbocycles. The van der Waals surface area contributed by atoms with Gasteiger partial charge < -0.3 is 50.5 Å². The minimum atomic E-state index is -1.67. The zero-order chi connectivity index (χ0) is 53.3. The van der Waals surface area contributed by atoms with Crippen molar-refractivity contribution < 1.29 is 50.0 Å². The molecule has 0 aromatic heterocycles. The Morgan fingerprint density at radius 3 is 1.22 bits per heavy atom. The summed E-state index contributed by atoms with van der Waals surface area (Å²) in [7, 11) is 0. The largest absolute Gasteiger partial charge is 0.394 e. The maximum Gasteiger partial charge on any atom is 0.249 e. The van der Waals surface area contributed by atoms with Gasteiger partial charge in [0.05, 0.1) is 25.4 Å². The molecule has 1 aliphatic heterocycles. The van der Waals surface area contributed by atoms with Crippen molar-refractivity contribution >= 4 is 5.91 Å². The van der Waals surface area contributed by atoms with E-state index in [1.54, 1.807) is 0 Å². The number of aliphatic hydroxyl groups excluding tert-OH is 7. The molecule has 8 N–H and O–H groups in total. The van der Waals surface area contributed by atoms with Gasteiger partial charge in [0.1, 0.15) is 36.6 Å². The first-order chi connectivity index (χ1) is 35.7. The highest BCUT2D eigenvalue weighted by Gasteiger charge is 2.44. The quantitative estimate of drug-likeness (QED) is 0.0215.